The summed E-state index contributed by atoms with van der Waals surface area (Å²) in [6.45, 7) is 14.2. The quantitative estimate of drug-likeness (QED) is 0.0637. The Kier molecular flexibility index (Phi) is 19.2. The lowest BCUT2D eigenvalue weighted by Gasteiger charge is -2.18. The standard InChI is InChI=1S/2C19H19NO3S.C19H19NO2S2/c1-13(2)23-16-9-7-15(8-10-16)18-20-17(12-24-18)19(21)22-11-14-5-3-4-6-14;1-2-11-22-16-9-7-15(8-10-16)18-20-17(13-24-18)19(21)23-12-14-5-3-4-6-14;1-19(2,3)15-6-4-14(5-7-15)17-20-16(12-24-17)18(21)22-10-13-8-9-23-11-13/h3,5-10,12-13H,4,11H2,1-2H3;3,5-10,13H,2,4,11-12H2,1H3;4-9,11-12H,10H2,1-3H3. The lowest BCUT2D eigenvalue weighted by atomic mass is 9.87. The molecule has 4 aromatic heterocycles. The summed E-state index contributed by atoms with van der Waals surface area (Å²) in [6, 6.07) is 25.7. The van der Waals surface area contributed by atoms with Crippen molar-refractivity contribution < 1.29 is 38.1 Å². The number of carbonyl (C=O) groups excluding carboxylic acids is 3. The van der Waals surface area contributed by atoms with Gasteiger partial charge in [-0.2, -0.15) is 11.3 Å². The van der Waals surface area contributed by atoms with E-state index in [1.54, 1.807) is 27.5 Å². The Morgan fingerprint density at radius 1 is 0.583 bits per heavy atom. The number of thiophene rings is 1. The van der Waals surface area contributed by atoms with E-state index in [0.717, 1.165) is 79.2 Å². The highest BCUT2D eigenvalue weighted by Crippen LogP contribution is 2.30. The molecule has 4 heterocycles. The molecule has 15 heteroatoms. The number of nitrogens with zero attached hydrogens (tertiary/aromatic N) is 3. The van der Waals surface area contributed by atoms with E-state index in [1.165, 1.54) is 39.6 Å². The first-order valence-electron chi connectivity index (χ1n) is 23.5. The van der Waals surface area contributed by atoms with Gasteiger partial charge in [0.25, 0.3) is 0 Å². The Labute approximate surface area is 437 Å². The monoisotopic (exact) mass is 1040 g/mol. The van der Waals surface area contributed by atoms with Crippen molar-refractivity contribution in [2.45, 2.75) is 78.9 Å². The molecule has 3 aromatic carbocycles. The van der Waals surface area contributed by atoms with Crippen LogP contribution in [0.1, 0.15) is 103 Å². The molecule has 0 fully saturated rings. The Bertz CT molecular complexity index is 2990. The number of thiazole rings is 3. The van der Waals surface area contributed by atoms with Crippen LogP contribution in [-0.2, 0) is 26.2 Å². The number of allylic oxidation sites excluding steroid dienone is 4. The van der Waals surface area contributed by atoms with Crippen LogP contribution >= 0.6 is 45.3 Å². The fourth-order valence-electron chi connectivity index (χ4n) is 6.75. The Morgan fingerprint density at radius 3 is 1.42 bits per heavy atom. The van der Waals surface area contributed by atoms with Gasteiger partial charge in [0.2, 0.25) is 0 Å². The SMILES string of the molecule is CC(C)(C)c1ccc(-c2nc(C(=O)OCc3ccsc3)cs2)cc1.CC(C)Oc1ccc(-c2nc(C(=O)OCC3=CCC=C3)cs2)cc1.CCCOc1ccc(-c2nc(C(=O)OCC3=CCC=C3)cs2)cc1. The Balaban J connectivity index is 0.000000158. The van der Waals surface area contributed by atoms with E-state index in [0.29, 0.717) is 36.9 Å². The maximum absolute atomic E-state index is 12.1. The van der Waals surface area contributed by atoms with Gasteiger partial charge in [-0.1, -0.05) is 88.4 Å². The lowest BCUT2D eigenvalue weighted by molar-refractivity contribution is 0.0465. The molecular formula is C57H57N3O8S4. The van der Waals surface area contributed by atoms with Gasteiger partial charge in [0.05, 0.1) is 12.7 Å². The molecule has 372 valence electrons. The zero-order valence-corrected chi connectivity index (χ0v) is 44.4. The molecule has 72 heavy (non-hydrogen) atoms. The number of hydrogen-bond acceptors (Lipinski definition) is 15. The minimum atomic E-state index is -0.390. The summed E-state index contributed by atoms with van der Waals surface area (Å²) in [6.07, 6.45) is 15.0. The van der Waals surface area contributed by atoms with Crippen molar-refractivity contribution in [3.63, 3.8) is 0 Å². The van der Waals surface area contributed by atoms with Crippen LogP contribution in [-0.4, -0.2) is 58.8 Å². The second-order valence-electron chi connectivity index (χ2n) is 17.7. The number of carbonyl (C=O) groups is 3. The Hall–Kier alpha value is -6.78. The van der Waals surface area contributed by atoms with Gasteiger partial charge < -0.3 is 23.7 Å². The van der Waals surface area contributed by atoms with Crippen LogP contribution in [0.15, 0.2) is 153 Å². The molecule has 7 aromatic rings. The largest absolute Gasteiger partial charge is 0.494 e. The molecule has 0 atom stereocenters. The van der Waals surface area contributed by atoms with E-state index in [2.05, 4.69) is 66.9 Å². The Morgan fingerprint density at radius 2 is 1.03 bits per heavy atom. The van der Waals surface area contributed by atoms with Gasteiger partial charge in [-0.3, -0.25) is 0 Å². The first kappa shape index (κ1) is 53.0. The molecule has 2 aliphatic rings. The average molecular weight is 1040 g/mol. The van der Waals surface area contributed by atoms with E-state index >= 15 is 0 Å². The molecule has 11 nitrogen and oxygen atoms in total. The van der Waals surface area contributed by atoms with E-state index in [-0.39, 0.29) is 30.1 Å². The normalized spacial score (nSPS) is 12.5. The van der Waals surface area contributed by atoms with Gasteiger partial charge in [-0.05, 0) is 121 Å². The molecule has 0 bridgehead atoms. The van der Waals surface area contributed by atoms with Crippen LogP contribution in [0, 0.1) is 0 Å². The number of aromatic nitrogens is 3. The molecule has 0 amide bonds. The summed E-state index contributed by atoms with van der Waals surface area (Å²) in [5.74, 6) is 0.507. The minimum absolute atomic E-state index is 0.123. The van der Waals surface area contributed by atoms with Gasteiger partial charge in [0.1, 0.15) is 46.3 Å². The second-order valence-corrected chi connectivity index (χ2v) is 21.1. The van der Waals surface area contributed by atoms with Crippen molar-refractivity contribution in [1.29, 1.82) is 0 Å². The number of ether oxygens (including phenoxy) is 5. The van der Waals surface area contributed by atoms with Crippen LogP contribution in [0.4, 0.5) is 0 Å². The summed E-state index contributed by atoms with van der Waals surface area (Å²) in [7, 11) is 0. The predicted molar refractivity (Wildman–Crippen MR) is 291 cm³/mol. The van der Waals surface area contributed by atoms with Gasteiger partial charge >= 0.3 is 17.9 Å². The summed E-state index contributed by atoms with van der Waals surface area (Å²) in [4.78, 5) is 49.4. The maximum atomic E-state index is 12.1. The molecule has 0 spiro atoms. The predicted octanol–water partition coefficient (Wildman–Crippen LogP) is 14.8. The van der Waals surface area contributed by atoms with Gasteiger partial charge in [0.15, 0.2) is 17.1 Å². The van der Waals surface area contributed by atoms with Gasteiger partial charge in [-0.15, -0.1) is 34.0 Å². The van der Waals surface area contributed by atoms with Gasteiger partial charge in [-0.25, -0.2) is 29.3 Å². The van der Waals surface area contributed by atoms with Crippen LogP contribution in [0.5, 0.6) is 11.5 Å². The molecule has 0 aliphatic heterocycles. The van der Waals surface area contributed by atoms with E-state index < -0.39 is 5.97 Å². The van der Waals surface area contributed by atoms with E-state index in [4.69, 9.17) is 23.7 Å². The van der Waals surface area contributed by atoms with Crippen LogP contribution < -0.4 is 9.47 Å². The third-order valence-electron chi connectivity index (χ3n) is 10.6. The third kappa shape index (κ3) is 15.9. The number of hydrogen-bond donors (Lipinski definition) is 0. The summed E-state index contributed by atoms with van der Waals surface area (Å²) >= 11 is 5.90. The minimum Gasteiger partial charge on any atom is -0.494 e. The first-order chi connectivity index (χ1) is 34.8. The van der Waals surface area contributed by atoms with Crippen molar-refractivity contribution in [3.05, 3.63) is 182 Å². The fraction of sp³-hybridized carbons (Fsp3) is 0.263. The molecule has 2 aliphatic carbocycles. The van der Waals surface area contributed by atoms with Crippen molar-refractivity contribution in [2.75, 3.05) is 19.8 Å². The molecule has 9 rings (SSSR count). The zero-order valence-electron chi connectivity index (χ0n) is 41.1. The fourth-order valence-corrected chi connectivity index (χ4v) is 9.79. The molecule has 0 radical (unpaired) electrons. The number of benzene rings is 3. The molecule has 0 unspecified atom stereocenters. The van der Waals surface area contributed by atoms with Crippen LogP contribution in [0.2, 0.25) is 0 Å². The van der Waals surface area contributed by atoms with Crippen molar-refractivity contribution in [1.82, 2.24) is 15.0 Å². The summed E-state index contributed by atoms with van der Waals surface area (Å²) in [5, 5.41) is 11.6. The first-order valence-corrected chi connectivity index (χ1v) is 27.1. The number of rotatable bonds is 17. The second kappa shape index (κ2) is 26.1. The van der Waals surface area contributed by atoms with E-state index in [1.807, 2.05) is 116 Å². The molecule has 0 saturated heterocycles. The van der Waals surface area contributed by atoms with Crippen molar-refractivity contribution in [2.24, 2.45) is 0 Å². The highest BCUT2D eigenvalue weighted by Gasteiger charge is 2.18. The summed E-state index contributed by atoms with van der Waals surface area (Å²) < 4.78 is 27.1. The maximum Gasteiger partial charge on any atom is 0.358 e. The highest BCUT2D eigenvalue weighted by atomic mass is 32.1. The topological polar surface area (TPSA) is 136 Å². The molecule has 0 N–H and O–H groups in total. The van der Waals surface area contributed by atoms with Gasteiger partial charge in [0, 0.05) is 38.4 Å². The number of esters is 3. The smallest absolute Gasteiger partial charge is 0.358 e. The van der Waals surface area contributed by atoms with Crippen molar-refractivity contribution in [3.8, 4) is 43.2 Å². The molecule has 0 saturated carbocycles. The lowest BCUT2D eigenvalue weighted by Crippen LogP contribution is -2.10. The summed E-state index contributed by atoms with van der Waals surface area (Å²) in [5.41, 5.74) is 8.46. The molecular weight excluding hydrogens is 983 g/mol. The van der Waals surface area contributed by atoms with Crippen LogP contribution in [0.25, 0.3) is 31.7 Å². The third-order valence-corrected chi connectivity index (χ3v) is 14.0. The highest BCUT2D eigenvalue weighted by molar-refractivity contribution is 7.14. The van der Waals surface area contributed by atoms with E-state index in [9.17, 15) is 14.4 Å². The zero-order chi connectivity index (χ0) is 50.9. The average Bonchev–Trinajstić information content (AvgIpc) is 4.25. The van der Waals surface area contributed by atoms with Crippen molar-refractivity contribution >= 4 is 63.3 Å². The van der Waals surface area contributed by atoms with Crippen LogP contribution in [0.3, 0.4) is 0 Å².